The van der Waals surface area contributed by atoms with E-state index in [1.165, 1.54) is 7.11 Å². The third-order valence-electron chi connectivity index (χ3n) is 2.17. The van der Waals surface area contributed by atoms with Crippen molar-refractivity contribution in [2.45, 2.75) is 39.7 Å². The predicted octanol–water partition coefficient (Wildman–Crippen LogP) is 2.17. The van der Waals surface area contributed by atoms with E-state index in [0.717, 1.165) is 6.42 Å². The zero-order chi connectivity index (χ0) is 13.7. The molecular weight excluding hydrogens is 236 g/mol. The van der Waals surface area contributed by atoms with E-state index in [4.69, 9.17) is 4.74 Å². The fraction of sp³-hybridized carbons (Fsp3) is 0.636. The molecule has 0 aromatic carbocycles. The third-order valence-corrected chi connectivity index (χ3v) is 2.17. The minimum absolute atomic E-state index is 0.00148. The molecule has 0 atom stereocenters. The van der Waals surface area contributed by atoms with E-state index in [1.807, 2.05) is 20.8 Å². The highest BCUT2D eigenvalue weighted by molar-refractivity contribution is 5.62. The Kier molecular flexibility index (Phi) is 4.82. The lowest BCUT2D eigenvalue weighted by Crippen LogP contribution is -2.15. The van der Waals surface area contributed by atoms with Crippen molar-refractivity contribution in [1.82, 2.24) is 9.97 Å². The molecule has 1 aromatic rings. The molecule has 1 heterocycles. The van der Waals surface area contributed by atoms with Gasteiger partial charge in [-0.1, -0.05) is 6.92 Å². The van der Waals surface area contributed by atoms with E-state index >= 15 is 0 Å². The van der Waals surface area contributed by atoms with Crippen molar-refractivity contribution < 1.29 is 9.66 Å². The van der Waals surface area contributed by atoms with Gasteiger partial charge in [-0.3, -0.25) is 10.1 Å². The van der Waals surface area contributed by atoms with Gasteiger partial charge in [-0.05, 0) is 20.3 Å². The summed E-state index contributed by atoms with van der Waals surface area (Å²) in [6, 6.07) is 0.0396. The van der Waals surface area contributed by atoms with Crippen molar-refractivity contribution in [3.05, 3.63) is 15.9 Å². The highest BCUT2D eigenvalue weighted by Crippen LogP contribution is 2.32. The van der Waals surface area contributed by atoms with Crippen LogP contribution in [-0.4, -0.2) is 28.0 Å². The lowest BCUT2D eigenvalue weighted by molar-refractivity contribution is -0.385. The van der Waals surface area contributed by atoms with Crippen LogP contribution < -0.4 is 10.1 Å². The summed E-state index contributed by atoms with van der Waals surface area (Å²) < 4.78 is 4.98. The number of ether oxygens (including phenoxy) is 1. The number of aryl methyl sites for hydroxylation is 1. The van der Waals surface area contributed by atoms with Gasteiger partial charge in [-0.25, -0.2) is 4.98 Å². The quantitative estimate of drug-likeness (QED) is 0.618. The second-order valence-corrected chi connectivity index (χ2v) is 4.15. The first-order valence-corrected chi connectivity index (χ1v) is 5.85. The molecule has 0 aliphatic rings. The number of nitrogens with zero attached hydrogens (tertiary/aromatic N) is 3. The van der Waals surface area contributed by atoms with Gasteiger partial charge < -0.3 is 10.1 Å². The number of rotatable bonds is 6. The molecule has 100 valence electrons. The molecule has 0 saturated carbocycles. The fourth-order valence-corrected chi connectivity index (χ4v) is 1.49. The number of anilines is 1. The summed E-state index contributed by atoms with van der Waals surface area (Å²) in [5.41, 5.74) is -0.217. The molecule has 1 N–H and O–H groups in total. The zero-order valence-corrected chi connectivity index (χ0v) is 11.1. The van der Waals surface area contributed by atoms with E-state index in [2.05, 4.69) is 15.3 Å². The number of hydrogen-bond donors (Lipinski definition) is 1. The Labute approximate surface area is 106 Å². The summed E-state index contributed by atoms with van der Waals surface area (Å²) in [4.78, 5) is 18.8. The molecule has 18 heavy (non-hydrogen) atoms. The standard InChI is InChI=1S/C11H18N4O3/c1-5-6-8-13-10(12-7(2)3)9(15(16)17)11(14-8)18-4/h7H,5-6H2,1-4H3,(H,12,13,14). The highest BCUT2D eigenvalue weighted by atomic mass is 16.6. The SMILES string of the molecule is CCCc1nc(NC(C)C)c([N+](=O)[O-])c(OC)n1. The monoisotopic (exact) mass is 254 g/mol. The molecule has 0 unspecified atom stereocenters. The van der Waals surface area contributed by atoms with Crippen LogP contribution in [0.2, 0.25) is 0 Å². The average molecular weight is 254 g/mol. The second-order valence-electron chi connectivity index (χ2n) is 4.15. The number of hydrogen-bond acceptors (Lipinski definition) is 6. The first-order chi connectivity index (χ1) is 8.49. The Hall–Kier alpha value is -1.92. The van der Waals surface area contributed by atoms with Gasteiger partial charge >= 0.3 is 5.69 Å². The van der Waals surface area contributed by atoms with Crippen LogP contribution >= 0.6 is 0 Å². The minimum atomic E-state index is -0.528. The summed E-state index contributed by atoms with van der Waals surface area (Å²) >= 11 is 0. The van der Waals surface area contributed by atoms with E-state index < -0.39 is 4.92 Å². The molecule has 0 radical (unpaired) electrons. The molecule has 1 rings (SSSR count). The summed E-state index contributed by atoms with van der Waals surface area (Å²) in [6.07, 6.45) is 1.52. The Morgan fingerprint density at radius 1 is 1.44 bits per heavy atom. The smallest absolute Gasteiger partial charge is 0.372 e. The lowest BCUT2D eigenvalue weighted by Gasteiger charge is -2.12. The van der Waals surface area contributed by atoms with Crippen LogP contribution in [0.5, 0.6) is 5.88 Å². The predicted molar refractivity (Wildman–Crippen MR) is 68.0 cm³/mol. The Bertz CT molecular complexity index is 435. The minimum Gasteiger partial charge on any atom is -0.476 e. The summed E-state index contributed by atoms with van der Waals surface area (Å²) in [5.74, 6) is 0.759. The molecule has 7 heteroatoms. The van der Waals surface area contributed by atoms with Gasteiger partial charge in [0.15, 0.2) is 0 Å². The molecule has 1 aromatic heterocycles. The Morgan fingerprint density at radius 2 is 2.11 bits per heavy atom. The largest absolute Gasteiger partial charge is 0.476 e. The maximum Gasteiger partial charge on any atom is 0.372 e. The molecule has 0 bridgehead atoms. The maximum atomic E-state index is 11.1. The second kappa shape index (κ2) is 6.13. The lowest BCUT2D eigenvalue weighted by atomic mass is 10.3. The summed E-state index contributed by atoms with van der Waals surface area (Å²) in [5, 5.41) is 14.0. The number of methoxy groups -OCH3 is 1. The van der Waals surface area contributed by atoms with Crippen LogP contribution in [0, 0.1) is 10.1 Å². The van der Waals surface area contributed by atoms with Gasteiger partial charge in [0.05, 0.1) is 12.0 Å². The maximum absolute atomic E-state index is 11.1. The van der Waals surface area contributed by atoms with Gasteiger partial charge in [0, 0.05) is 12.5 Å². The first-order valence-electron chi connectivity index (χ1n) is 5.85. The first kappa shape index (κ1) is 14.1. The fourth-order valence-electron chi connectivity index (χ4n) is 1.49. The van der Waals surface area contributed by atoms with Gasteiger partial charge in [0.1, 0.15) is 5.82 Å². The number of aromatic nitrogens is 2. The van der Waals surface area contributed by atoms with E-state index in [9.17, 15) is 10.1 Å². The van der Waals surface area contributed by atoms with Crippen molar-refractivity contribution in [2.24, 2.45) is 0 Å². The van der Waals surface area contributed by atoms with Crippen LogP contribution in [0.3, 0.4) is 0 Å². The molecule has 0 aliphatic heterocycles. The van der Waals surface area contributed by atoms with Gasteiger partial charge in [-0.2, -0.15) is 4.98 Å². The van der Waals surface area contributed by atoms with E-state index in [-0.39, 0.29) is 23.4 Å². The van der Waals surface area contributed by atoms with Gasteiger partial charge in [0.2, 0.25) is 5.82 Å². The number of nitrogens with one attached hydrogen (secondary N) is 1. The van der Waals surface area contributed by atoms with Crippen LogP contribution in [0.15, 0.2) is 0 Å². The van der Waals surface area contributed by atoms with Crippen molar-refractivity contribution in [3.8, 4) is 5.88 Å². The molecule has 0 spiro atoms. The van der Waals surface area contributed by atoms with Gasteiger partial charge in [-0.15, -0.1) is 0 Å². The molecular formula is C11H18N4O3. The normalized spacial score (nSPS) is 10.5. The highest BCUT2D eigenvalue weighted by Gasteiger charge is 2.25. The van der Waals surface area contributed by atoms with Crippen LogP contribution in [0.25, 0.3) is 0 Å². The van der Waals surface area contributed by atoms with E-state index in [1.54, 1.807) is 0 Å². The van der Waals surface area contributed by atoms with Crippen LogP contribution in [0.4, 0.5) is 11.5 Å². The summed E-state index contributed by atoms with van der Waals surface area (Å²) in [6.45, 7) is 5.77. The van der Waals surface area contributed by atoms with E-state index in [0.29, 0.717) is 12.2 Å². The zero-order valence-electron chi connectivity index (χ0n) is 11.1. The van der Waals surface area contributed by atoms with Gasteiger partial charge in [0.25, 0.3) is 5.88 Å². The van der Waals surface area contributed by atoms with Crippen LogP contribution in [0.1, 0.15) is 33.0 Å². The topological polar surface area (TPSA) is 90.2 Å². The van der Waals surface area contributed by atoms with Crippen molar-refractivity contribution in [2.75, 3.05) is 12.4 Å². The van der Waals surface area contributed by atoms with Crippen LogP contribution in [-0.2, 0) is 6.42 Å². The molecule has 0 fully saturated rings. The molecule has 7 nitrogen and oxygen atoms in total. The average Bonchev–Trinajstić information content (AvgIpc) is 2.27. The van der Waals surface area contributed by atoms with Crippen molar-refractivity contribution >= 4 is 11.5 Å². The molecule has 0 aliphatic carbocycles. The van der Waals surface area contributed by atoms with Crippen molar-refractivity contribution in [3.63, 3.8) is 0 Å². The Morgan fingerprint density at radius 3 is 2.56 bits per heavy atom. The molecule has 0 amide bonds. The van der Waals surface area contributed by atoms with Crippen molar-refractivity contribution in [1.29, 1.82) is 0 Å². The summed E-state index contributed by atoms with van der Waals surface area (Å²) in [7, 11) is 1.37. The number of nitro groups is 1. The Balaban J connectivity index is 3.31. The molecule has 0 saturated heterocycles. The third kappa shape index (κ3) is 3.28.